The van der Waals surface area contributed by atoms with Gasteiger partial charge in [-0.3, -0.25) is 0 Å². The third kappa shape index (κ3) is 47.4. The van der Waals surface area contributed by atoms with E-state index in [-0.39, 0.29) is 11.1 Å². The Kier molecular flexibility index (Phi) is 28.6. The maximum Gasteiger partial charge on any atom is -0.0578 e. The average Bonchev–Trinajstić information content (AvgIpc) is 2.60. The molecule has 0 aromatic carbocycles. The molecule has 0 aromatic heterocycles. The Morgan fingerprint density at radius 2 is 0.759 bits per heavy atom. The monoisotopic (exact) mass is 496 g/mol. The standard InChI is InChI=1S/2C8H18N.2C4H9N.Mo/c2*1-3-5-7-9-8-6-4-2;2*1-4(2,3)5;/h2*3-8H2,1-2H3;2*1-3H3;/q2*-1;;;+2. The first-order valence-electron chi connectivity index (χ1n) is 11.9. The second kappa shape index (κ2) is 24.5. The van der Waals surface area contributed by atoms with Crippen molar-refractivity contribution in [3.05, 3.63) is 10.6 Å². The molecule has 0 amide bonds. The van der Waals surface area contributed by atoms with Crippen LogP contribution >= 0.6 is 0 Å². The molecular weight excluding hydrogens is 440 g/mol. The van der Waals surface area contributed by atoms with Gasteiger partial charge in [-0.1, -0.05) is 79.1 Å². The molecule has 5 heteroatoms. The van der Waals surface area contributed by atoms with E-state index < -0.39 is 18.2 Å². The van der Waals surface area contributed by atoms with Crippen molar-refractivity contribution in [2.24, 2.45) is 6.99 Å². The van der Waals surface area contributed by atoms with Crippen LogP contribution in [0.3, 0.4) is 0 Å². The van der Waals surface area contributed by atoms with Gasteiger partial charge in [-0.05, 0) is 0 Å². The predicted molar refractivity (Wildman–Crippen MR) is 130 cm³/mol. The van der Waals surface area contributed by atoms with Gasteiger partial charge in [0.1, 0.15) is 0 Å². The number of hydrogen-bond donors (Lipinski definition) is 0. The topological polar surface area (TPSA) is 52.9 Å². The number of hydrogen-bond acceptors (Lipinski definition) is 2. The summed E-state index contributed by atoms with van der Waals surface area (Å²) in [6.07, 6.45) is 10.2. The fraction of sp³-hybridized carbons (Fsp3) is 1.00. The molecule has 0 radical (unpaired) electrons. The summed E-state index contributed by atoms with van der Waals surface area (Å²) < 4.78 is 9.01. The van der Waals surface area contributed by atoms with Crippen LogP contribution in [-0.2, 0) is 18.2 Å². The molecule has 0 unspecified atom stereocenters. The predicted octanol–water partition coefficient (Wildman–Crippen LogP) is 8.95. The van der Waals surface area contributed by atoms with E-state index in [1.54, 1.807) is 0 Å². The summed E-state index contributed by atoms with van der Waals surface area (Å²) >= 11 is -0.473. The number of nitrogens with zero attached hydrogens (tertiary/aromatic N) is 4. The van der Waals surface area contributed by atoms with E-state index in [0.717, 1.165) is 26.2 Å². The van der Waals surface area contributed by atoms with Crippen molar-refractivity contribution in [2.45, 2.75) is 132 Å². The van der Waals surface area contributed by atoms with Crippen molar-refractivity contribution < 1.29 is 18.2 Å². The third-order valence-electron chi connectivity index (χ3n) is 3.31. The zero-order valence-electron chi connectivity index (χ0n) is 21.7. The fourth-order valence-electron chi connectivity index (χ4n) is 1.57. The maximum absolute atomic E-state index is 4.51. The summed E-state index contributed by atoms with van der Waals surface area (Å²) in [5, 5.41) is 8.70. The molecule has 0 spiro atoms. The van der Waals surface area contributed by atoms with Gasteiger partial charge in [0.2, 0.25) is 0 Å². The molecule has 0 saturated heterocycles. The molecular formula is C24H54MoN4. The second-order valence-electron chi connectivity index (χ2n) is 9.36. The molecule has 0 aliphatic rings. The third-order valence-corrected chi connectivity index (χ3v) is 6.40. The van der Waals surface area contributed by atoms with Crippen LogP contribution < -0.4 is 0 Å². The minimum Gasteiger partial charge on any atom is -0.662 e. The molecule has 0 aromatic rings. The van der Waals surface area contributed by atoms with Crippen molar-refractivity contribution in [1.82, 2.24) is 0 Å². The Labute approximate surface area is 193 Å². The van der Waals surface area contributed by atoms with Gasteiger partial charge in [0.25, 0.3) is 0 Å². The average molecular weight is 495 g/mol. The summed E-state index contributed by atoms with van der Waals surface area (Å²) in [7, 11) is 0. The van der Waals surface area contributed by atoms with Crippen molar-refractivity contribution in [3.63, 3.8) is 0 Å². The van der Waals surface area contributed by atoms with Crippen LogP contribution in [0.4, 0.5) is 0 Å². The van der Waals surface area contributed by atoms with Crippen LogP contribution in [0, 0.1) is 0 Å². The number of rotatable bonds is 12. The molecule has 0 bridgehead atoms. The Morgan fingerprint density at radius 3 is 0.931 bits per heavy atom. The van der Waals surface area contributed by atoms with Gasteiger partial charge in [-0.25, -0.2) is 0 Å². The van der Waals surface area contributed by atoms with Gasteiger partial charge < -0.3 is 10.6 Å². The fourth-order valence-corrected chi connectivity index (χ4v) is 2.87. The zero-order chi connectivity index (χ0) is 23.0. The second-order valence-corrected chi connectivity index (χ2v) is 10.7. The van der Waals surface area contributed by atoms with Crippen LogP contribution in [0.25, 0.3) is 10.6 Å². The van der Waals surface area contributed by atoms with Gasteiger partial charge in [-0.2, -0.15) is 0 Å². The van der Waals surface area contributed by atoms with Crippen molar-refractivity contribution in [1.29, 1.82) is 0 Å². The molecule has 0 rings (SSSR count). The molecule has 0 saturated carbocycles. The van der Waals surface area contributed by atoms with Gasteiger partial charge in [0, 0.05) is 0 Å². The molecule has 0 aliphatic heterocycles. The Balaban J connectivity index is -0.000000352. The van der Waals surface area contributed by atoms with Crippen LogP contribution in [-0.4, -0.2) is 37.3 Å². The maximum atomic E-state index is 4.51. The Hall–Kier alpha value is 0.208. The molecule has 0 aliphatic carbocycles. The molecule has 0 heterocycles. The van der Waals surface area contributed by atoms with E-state index in [1.165, 1.54) is 51.4 Å². The van der Waals surface area contributed by atoms with Gasteiger partial charge in [0.05, 0.1) is 0 Å². The molecule has 0 fully saturated rings. The summed E-state index contributed by atoms with van der Waals surface area (Å²) in [6.45, 7) is 25.9. The van der Waals surface area contributed by atoms with Crippen molar-refractivity contribution >= 4 is 0 Å². The smallest absolute Gasteiger partial charge is 0.0578 e. The van der Waals surface area contributed by atoms with Gasteiger partial charge in [-0.15, -0.1) is 26.2 Å². The van der Waals surface area contributed by atoms with Crippen LogP contribution in [0.15, 0.2) is 6.99 Å². The minimum atomic E-state index is -0.473. The van der Waals surface area contributed by atoms with E-state index in [0.29, 0.717) is 0 Å². The van der Waals surface area contributed by atoms with Gasteiger partial charge in [0.15, 0.2) is 0 Å². The minimum absolute atomic E-state index is 0.108. The van der Waals surface area contributed by atoms with E-state index in [1.807, 2.05) is 0 Å². The van der Waals surface area contributed by atoms with Crippen LogP contribution in [0.2, 0.25) is 0 Å². The zero-order valence-corrected chi connectivity index (χ0v) is 23.7. The van der Waals surface area contributed by atoms with Crippen LogP contribution in [0.1, 0.15) is 121 Å². The molecule has 29 heavy (non-hydrogen) atoms. The van der Waals surface area contributed by atoms with E-state index in [2.05, 4.69) is 86.9 Å². The summed E-state index contributed by atoms with van der Waals surface area (Å²) in [6, 6.07) is 0. The Morgan fingerprint density at radius 1 is 0.517 bits per heavy atom. The SMILES string of the molecule is CC(C)(C)[N]=[Mo+2]=[N]C(C)(C)C.CCCC[N-]CCCC.CCCC[N-]CCCC. The first kappa shape index (κ1) is 33.8. The molecule has 0 N–H and O–H groups in total. The van der Waals surface area contributed by atoms with Crippen molar-refractivity contribution in [2.75, 3.05) is 26.2 Å². The summed E-state index contributed by atoms with van der Waals surface area (Å²) in [5.74, 6) is 0. The van der Waals surface area contributed by atoms with Crippen molar-refractivity contribution in [3.8, 4) is 0 Å². The Bertz CT molecular complexity index is 320. The van der Waals surface area contributed by atoms with Gasteiger partial charge >= 0.3 is 77.8 Å². The van der Waals surface area contributed by atoms with Crippen LogP contribution in [0.5, 0.6) is 0 Å². The largest absolute Gasteiger partial charge is 0.662 e. The molecule has 176 valence electrons. The molecule has 0 atom stereocenters. The first-order chi connectivity index (χ1) is 13.5. The quantitative estimate of drug-likeness (QED) is 0.192. The molecule has 4 nitrogen and oxygen atoms in total. The van der Waals surface area contributed by atoms with E-state index in [4.69, 9.17) is 0 Å². The first-order valence-corrected chi connectivity index (χ1v) is 13.7. The van der Waals surface area contributed by atoms with E-state index in [9.17, 15) is 0 Å². The normalized spacial score (nSPS) is 10.8. The summed E-state index contributed by atoms with van der Waals surface area (Å²) in [5.41, 5.74) is 0.216. The van der Waals surface area contributed by atoms with E-state index >= 15 is 0 Å². The number of unbranched alkanes of at least 4 members (excludes halogenated alkanes) is 4. The summed E-state index contributed by atoms with van der Waals surface area (Å²) in [4.78, 5) is 0.